The predicted molar refractivity (Wildman–Crippen MR) is 176 cm³/mol. The number of hydrogen-bond acceptors (Lipinski definition) is 10. The largest absolute Gasteiger partial charge is 0.456 e. The summed E-state index contributed by atoms with van der Waals surface area (Å²) in [5.74, 6) is -3.39. The normalized spacial score (nSPS) is 30.6. The summed E-state index contributed by atoms with van der Waals surface area (Å²) in [6, 6.07) is 7.26. The molecule has 1 aliphatic heterocycles. The van der Waals surface area contributed by atoms with E-state index in [0.29, 0.717) is 24.0 Å². The van der Waals surface area contributed by atoms with Crippen LogP contribution < -0.4 is 5.32 Å². The van der Waals surface area contributed by atoms with Crippen molar-refractivity contribution in [3.05, 3.63) is 58.7 Å². The van der Waals surface area contributed by atoms with Crippen molar-refractivity contribution in [3.63, 3.8) is 0 Å². The monoisotopic (exact) mass is 896 g/mol. The standard InChI is InChI=1S/C37H51NO10.Ac/c1-20(2)16-27(38-24(6)40)31(41)34(43)47-28-18-37(45,35(7,8)26(23(28)5)17-22(4)39)32(48-33(42)25-12-10-9-11-13-25)30-21(3)14-15-29-36(30,44)19-46-29;/h9-13,16,21,27-32,41,44-45H,14-15,17-19H2,1-8H3,(H,38,40);/t21-,27?,28?,29?,30?,31?,32?,36-,37?;/m0./s1. The number of aliphatic hydroxyl groups is 3. The van der Waals surface area contributed by atoms with Gasteiger partial charge in [0.25, 0.3) is 0 Å². The summed E-state index contributed by atoms with van der Waals surface area (Å²) in [6.07, 6.45) is -2.34. The topological polar surface area (TPSA) is 169 Å². The van der Waals surface area contributed by atoms with E-state index < -0.39 is 70.8 Å². The molecule has 7 unspecified atom stereocenters. The molecule has 1 amide bonds. The Hall–Kier alpha value is -1.94. The molecule has 1 saturated carbocycles. The maximum atomic E-state index is 13.8. The summed E-state index contributed by atoms with van der Waals surface area (Å²) in [5, 5.41) is 38.8. The van der Waals surface area contributed by atoms with E-state index in [-0.39, 0.29) is 80.8 Å². The second-order valence-electron chi connectivity index (χ2n) is 14.7. The second-order valence-corrected chi connectivity index (χ2v) is 14.7. The summed E-state index contributed by atoms with van der Waals surface area (Å²) in [5.41, 5.74) is -2.60. The molecule has 267 valence electrons. The van der Waals surface area contributed by atoms with Crippen molar-refractivity contribution in [2.45, 2.75) is 123 Å². The number of Topliss-reactive ketones (excluding diaryl/α,β-unsaturated/α-hetero) is 1. The van der Waals surface area contributed by atoms with E-state index in [4.69, 9.17) is 14.2 Å². The van der Waals surface area contributed by atoms with E-state index in [1.165, 1.54) is 13.8 Å². The fraction of sp³-hybridized carbons (Fsp3) is 0.622. The third kappa shape index (κ3) is 8.42. The van der Waals surface area contributed by atoms with Crippen LogP contribution in [0.5, 0.6) is 0 Å². The van der Waals surface area contributed by atoms with Gasteiger partial charge in [0.1, 0.15) is 29.2 Å². The van der Waals surface area contributed by atoms with Gasteiger partial charge in [-0.15, -0.1) is 0 Å². The van der Waals surface area contributed by atoms with Gasteiger partial charge in [-0.3, -0.25) is 9.59 Å². The third-order valence-electron chi connectivity index (χ3n) is 10.6. The molecule has 11 nitrogen and oxygen atoms in total. The molecule has 12 heteroatoms. The van der Waals surface area contributed by atoms with Crippen molar-refractivity contribution < 1.29 is 92.8 Å². The number of benzene rings is 1. The number of ether oxygens (including phenoxy) is 3. The van der Waals surface area contributed by atoms with Gasteiger partial charge in [-0.2, -0.15) is 0 Å². The first-order valence-electron chi connectivity index (χ1n) is 16.7. The first-order valence-corrected chi connectivity index (χ1v) is 16.7. The van der Waals surface area contributed by atoms with Crippen LogP contribution in [0.4, 0.5) is 0 Å². The zero-order chi connectivity index (χ0) is 35.8. The van der Waals surface area contributed by atoms with Crippen LogP contribution in [0.3, 0.4) is 0 Å². The van der Waals surface area contributed by atoms with E-state index in [0.717, 1.165) is 5.57 Å². The van der Waals surface area contributed by atoms with Crippen LogP contribution in [0.25, 0.3) is 0 Å². The van der Waals surface area contributed by atoms with E-state index >= 15 is 0 Å². The first-order chi connectivity index (χ1) is 22.3. The molecule has 4 rings (SSSR count). The maximum Gasteiger partial charge on any atom is 0.338 e. The van der Waals surface area contributed by atoms with Crippen molar-refractivity contribution >= 4 is 23.6 Å². The van der Waals surface area contributed by atoms with Gasteiger partial charge in [0.05, 0.1) is 24.3 Å². The Bertz CT molecular complexity index is 1470. The van der Waals surface area contributed by atoms with Crippen molar-refractivity contribution in [2.75, 3.05) is 6.61 Å². The number of carbonyl (C=O) groups excluding carboxylic acids is 4. The molecular weight excluding hydrogens is 845 g/mol. The maximum absolute atomic E-state index is 13.8. The van der Waals surface area contributed by atoms with Crippen LogP contribution in [0.1, 0.15) is 91.4 Å². The second kappa shape index (κ2) is 16.2. The van der Waals surface area contributed by atoms with E-state index in [1.54, 1.807) is 71.0 Å². The van der Waals surface area contributed by atoms with Gasteiger partial charge < -0.3 is 34.8 Å². The van der Waals surface area contributed by atoms with Crippen LogP contribution in [0.2, 0.25) is 0 Å². The van der Waals surface area contributed by atoms with Gasteiger partial charge in [-0.1, -0.05) is 56.2 Å². The Labute approximate surface area is 324 Å². The Kier molecular flexibility index (Phi) is 13.7. The molecule has 0 spiro atoms. The SMILES string of the molecule is CC(=O)CC1=C(C)C(OC(=O)C(O)C(C=C(C)C)NC(C)=O)CC(O)(C(OC(=O)c2ccccc2)C2[C@@H](C)CCC3OC[C@]32O)C1(C)C.[Ac]. The van der Waals surface area contributed by atoms with Gasteiger partial charge in [0.15, 0.2) is 6.10 Å². The van der Waals surface area contributed by atoms with Crippen LogP contribution >= 0.6 is 0 Å². The van der Waals surface area contributed by atoms with Crippen LogP contribution in [0, 0.1) is 61.3 Å². The smallest absolute Gasteiger partial charge is 0.338 e. The number of amides is 1. The first kappa shape index (κ1) is 41.5. The molecule has 49 heavy (non-hydrogen) atoms. The van der Waals surface area contributed by atoms with Gasteiger partial charge in [-0.05, 0) is 64.2 Å². The van der Waals surface area contributed by atoms with Crippen LogP contribution in [0.15, 0.2) is 53.1 Å². The van der Waals surface area contributed by atoms with Gasteiger partial charge in [0, 0.05) is 75.2 Å². The molecule has 0 aromatic heterocycles. The number of rotatable bonds is 11. The molecular formula is C37H51AcNO10. The minimum absolute atomic E-state index is 0. The predicted octanol–water partition coefficient (Wildman–Crippen LogP) is 3.59. The molecule has 9 atom stereocenters. The number of ketones is 1. The number of aliphatic hydroxyl groups excluding tert-OH is 1. The summed E-state index contributed by atoms with van der Waals surface area (Å²) in [6.45, 7) is 13.4. The molecule has 1 aromatic rings. The zero-order valence-corrected chi connectivity index (χ0v) is 34.6. The van der Waals surface area contributed by atoms with Gasteiger partial charge in [-0.25, -0.2) is 9.59 Å². The molecule has 1 radical (unpaired) electrons. The average Bonchev–Trinajstić information content (AvgIpc) is 2.99. The number of hydrogen-bond donors (Lipinski definition) is 4. The van der Waals surface area contributed by atoms with Crippen molar-refractivity contribution in [3.8, 4) is 0 Å². The van der Waals surface area contributed by atoms with Gasteiger partial charge >= 0.3 is 11.9 Å². The van der Waals surface area contributed by atoms with Gasteiger partial charge in [0.2, 0.25) is 5.91 Å². The molecule has 0 bridgehead atoms. The van der Waals surface area contributed by atoms with Crippen molar-refractivity contribution in [1.29, 1.82) is 0 Å². The molecule has 1 saturated heterocycles. The van der Waals surface area contributed by atoms with E-state index in [1.807, 2.05) is 6.92 Å². The number of nitrogens with one attached hydrogen (secondary N) is 1. The number of carbonyl (C=O) groups is 4. The quantitative estimate of drug-likeness (QED) is 0.191. The van der Waals surface area contributed by atoms with Crippen molar-refractivity contribution in [2.24, 2.45) is 17.3 Å². The molecule has 1 heterocycles. The zero-order valence-electron chi connectivity index (χ0n) is 29.8. The fourth-order valence-electron chi connectivity index (χ4n) is 7.90. The summed E-state index contributed by atoms with van der Waals surface area (Å²) >= 11 is 0. The summed E-state index contributed by atoms with van der Waals surface area (Å²) in [7, 11) is 0. The molecule has 1 aromatic carbocycles. The number of esters is 2. The van der Waals surface area contributed by atoms with E-state index in [9.17, 15) is 34.5 Å². The number of fused-ring (bicyclic) bond motifs is 1. The third-order valence-corrected chi connectivity index (χ3v) is 10.6. The molecule has 2 aliphatic carbocycles. The fourth-order valence-corrected chi connectivity index (χ4v) is 7.90. The molecule has 2 fully saturated rings. The Morgan fingerprint density at radius 1 is 1.06 bits per heavy atom. The molecule has 3 aliphatic rings. The molecule has 4 N–H and O–H groups in total. The summed E-state index contributed by atoms with van der Waals surface area (Å²) < 4.78 is 18.0. The number of allylic oxidation sites excluding steroid dienone is 1. The Morgan fingerprint density at radius 2 is 1.69 bits per heavy atom. The minimum atomic E-state index is -1.99. The Morgan fingerprint density at radius 3 is 2.22 bits per heavy atom. The summed E-state index contributed by atoms with van der Waals surface area (Å²) in [4.78, 5) is 51.9. The van der Waals surface area contributed by atoms with E-state index in [2.05, 4.69) is 5.32 Å². The minimum Gasteiger partial charge on any atom is -0.456 e. The van der Waals surface area contributed by atoms with Crippen LogP contribution in [-0.2, 0) is 28.6 Å². The Balaban J connectivity index is 0.00000650. The average molecular weight is 897 g/mol. The van der Waals surface area contributed by atoms with Crippen molar-refractivity contribution in [1.82, 2.24) is 5.32 Å². The van der Waals surface area contributed by atoms with Crippen LogP contribution in [-0.4, -0.2) is 87.2 Å².